The second kappa shape index (κ2) is 14.2. The summed E-state index contributed by atoms with van der Waals surface area (Å²) in [5, 5.41) is 5.93. The zero-order chi connectivity index (χ0) is 30.2. The van der Waals surface area contributed by atoms with Gasteiger partial charge in [-0.3, -0.25) is 9.59 Å². The van der Waals surface area contributed by atoms with Crippen molar-refractivity contribution in [2.75, 3.05) is 38.7 Å². The fourth-order valence-corrected chi connectivity index (χ4v) is 5.22. The third kappa shape index (κ3) is 8.81. The number of benzene rings is 2. The van der Waals surface area contributed by atoms with Crippen molar-refractivity contribution in [3.05, 3.63) is 58.4 Å². The molecule has 3 rings (SSSR count). The molecule has 2 N–H and O–H groups in total. The Labute approximate surface area is 241 Å². The van der Waals surface area contributed by atoms with Crippen LogP contribution in [0.25, 0.3) is 17.2 Å². The molecule has 2 aromatic carbocycles. The monoisotopic (exact) mass is 583 g/mol. The van der Waals surface area contributed by atoms with Gasteiger partial charge in [-0.05, 0) is 54.7 Å². The molecular weight excluding hydrogens is 545 g/mol. The standard InChI is InChI=1S/C30H38FN5O4S/c1-5-10-36(11-6-2)30(38)24-15-26-27(31)16-23(17-28(26)34-29(32)18-24)21-8-9-22(20-37)25(14-21)19-33-35(3)12-7-13-41(4,39)40/h8-9,14-17,19-20H,5-7,10-13,18H2,1-4H3,(H2,32,34)/b33-19-. The number of amidine groups is 1. The van der Waals surface area contributed by atoms with E-state index in [1.165, 1.54) is 18.5 Å². The number of rotatable bonds is 13. The molecule has 1 heterocycles. The molecule has 0 atom stereocenters. The third-order valence-corrected chi connectivity index (χ3v) is 7.58. The van der Waals surface area contributed by atoms with Crippen LogP contribution in [0.3, 0.4) is 0 Å². The topological polar surface area (TPSA) is 126 Å². The number of fused-ring (bicyclic) bond motifs is 1. The molecule has 0 bridgehead atoms. The molecule has 2 aromatic rings. The highest BCUT2D eigenvalue weighted by molar-refractivity contribution is 7.90. The predicted molar refractivity (Wildman–Crippen MR) is 163 cm³/mol. The molecule has 220 valence electrons. The second-order valence-electron chi connectivity index (χ2n) is 10.2. The summed E-state index contributed by atoms with van der Waals surface area (Å²) >= 11 is 0. The van der Waals surface area contributed by atoms with Crippen LogP contribution >= 0.6 is 0 Å². The van der Waals surface area contributed by atoms with E-state index < -0.39 is 15.7 Å². The first-order valence-electron chi connectivity index (χ1n) is 13.6. The molecule has 0 aliphatic carbocycles. The second-order valence-corrected chi connectivity index (χ2v) is 12.5. The maximum Gasteiger partial charge on any atom is 0.250 e. The number of halogens is 1. The van der Waals surface area contributed by atoms with Crippen LogP contribution in [0.4, 0.5) is 10.1 Å². The Morgan fingerprint density at radius 1 is 1.10 bits per heavy atom. The van der Waals surface area contributed by atoms with Crippen molar-refractivity contribution >= 4 is 45.8 Å². The summed E-state index contributed by atoms with van der Waals surface area (Å²) in [4.78, 5) is 31.1. The number of hydrogen-bond acceptors (Lipinski definition) is 8. The molecule has 1 aliphatic rings. The average molecular weight is 584 g/mol. The van der Waals surface area contributed by atoms with Gasteiger partial charge in [-0.15, -0.1) is 0 Å². The van der Waals surface area contributed by atoms with Crippen LogP contribution in [-0.2, 0) is 14.6 Å². The molecule has 0 radical (unpaired) electrons. The first kappa shape index (κ1) is 31.7. The molecule has 1 aliphatic heterocycles. The number of hydrazone groups is 1. The fourth-order valence-electron chi connectivity index (χ4n) is 4.56. The molecule has 41 heavy (non-hydrogen) atoms. The van der Waals surface area contributed by atoms with Crippen molar-refractivity contribution < 1.29 is 22.4 Å². The van der Waals surface area contributed by atoms with E-state index in [0.29, 0.717) is 65.9 Å². The van der Waals surface area contributed by atoms with Crippen LogP contribution in [-0.4, -0.2) is 81.3 Å². The molecule has 0 aromatic heterocycles. The van der Waals surface area contributed by atoms with Gasteiger partial charge in [-0.2, -0.15) is 5.10 Å². The zero-order valence-electron chi connectivity index (χ0n) is 24.1. The summed E-state index contributed by atoms with van der Waals surface area (Å²) in [6.07, 6.45) is 7.13. The minimum absolute atomic E-state index is 0.0550. The van der Waals surface area contributed by atoms with E-state index in [9.17, 15) is 18.0 Å². The van der Waals surface area contributed by atoms with Gasteiger partial charge < -0.3 is 15.6 Å². The van der Waals surface area contributed by atoms with Crippen molar-refractivity contribution in [2.24, 2.45) is 15.8 Å². The number of aldehydes is 1. The quantitative estimate of drug-likeness (QED) is 0.211. The zero-order valence-corrected chi connectivity index (χ0v) is 24.9. The Morgan fingerprint density at radius 3 is 2.44 bits per heavy atom. The number of aliphatic imine (C=N–C) groups is 1. The largest absolute Gasteiger partial charge is 0.387 e. The van der Waals surface area contributed by atoms with Crippen molar-refractivity contribution in [3.8, 4) is 11.1 Å². The normalized spacial score (nSPS) is 13.3. The molecule has 0 unspecified atom stereocenters. The van der Waals surface area contributed by atoms with E-state index in [4.69, 9.17) is 5.73 Å². The highest BCUT2D eigenvalue weighted by atomic mass is 32.2. The summed E-state index contributed by atoms with van der Waals surface area (Å²) in [7, 11) is -1.35. The SMILES string of the molecule is CCCN(CCC)C(=O)C1=Cc2c(F)cc(-c3ccc(C=O)c(/C=N\N(C)CCCS(C)(=O)=O)c3)cc2N=C(N)C1. The van der Waals surface area contributed by atoms with Crippen molar-refractivity contribution in [3.63, 3.8) is 0 Å². The fraction of sp³-hybridized carbons (Fsp3) is 0.400. The number of nitrogens with two attached hydrogens (primary N) is 1. The van der Waals surface area contributed by atoms with Crippen LogP contribution in [0.5, 0.6) is 0 Å². The lowest BCUT2D eigenvalue weighted by Gasteiger charge is -2.22. The van der Waals surface area contributed by atoms with Gasteiger partial charge in [0.15, 0.2) is 6.29 Å². The summed E-state index contributed by atoms with van der Waals surface area (Å²) in [5.74, 6) is -0.438. The van der Waals surface area contributed by atoms with Crippen LogP contribution in [0.15, 0.2) is 46.0 Å². The van der Waals surface area contributed by atoms with Gasteiger partial charge in [-0.25, -0.2) is 17.8 Å². The molecule has 0 fully saturated rings. The van der Waals surface area contributed by atoms with E-state index in [-0.39, 0.29) is 29.5 Å². The Hall–Kier alpha value is -3.86. The van der Waals surface area contributed by atoms with Gasteiger partial charge in [-0.1, -0.05) is 26.0 Å². The van der Waals surface area contributed by atoms with Crippen LogP contribution in [0.1, 0.15) is 61.0 Å². The van der Waals surface area contributed by atoms with Crippen LogP contribution < -0.4 is 5.73 Å². The number of carbonyl (C=O) groups excluding carboxylic acids is 2. The first-order valence-corrected chi connectivity index (χ1v) is 15.7. The van der Waals surface area contributed by atoms with E-state index in [1.807, 2.05) is 13.8 Å². The number of sulfone groups is 1. The molecule has 0 spiro atoms. The van der Waals surface area contributed by atoms with Crippen molar-refractivity contribution in [1.29, 1.82) is 0 Å². The van der Waals surface area contributed by atoms with Gasteiger partial charge in [0.1, 0.15) is 21.5 Å². The first-order chi connectivity index (χ1) is 19.4. The Bertz CT molecular complexity index is 1480. The maximum atomic E-state index is 15.5. The lowest BCUT2D eigenvalue weighted by atomic mass is 9.97. The van der Waals surface area contributed by atoms with E-state index >= 15 is 4.39 Å². The van der Waals surface area contributed by atoms with Crippen molar-refractivity contribution in [1.82, 2.24) is 9.91 Å². The number of amides is 1. The van der Waals surface area contributed by atoms with Gasteiger partial charge in [0.2, 0.25) is 5.91 Å². The number of carbonyl (C=O) groups is 2. The lowest BCUT2D eigenvalue weighted by Crippen LogP contribution is -2.34. The highest BCUT2D eigenvalue weighted by Crippen LogP contribution is 2.34. The molecule has 1 amide bonds. The van der Waals surface area contributed by atoms with Crippen molar-refractivity contribution in [2.45, 2.75) is 39.5 Å². The average Bonchev–Trinajstić information content (AvgIpc) is 3.09. The minimum Gasteiger partial charge on any atom is -0.387 e. The van der Waals surface area contributed by atoms with Gasteiger partial charge in [0.25, 0.3) is 0 Å². The molecule has 11 heteroatoms. The lowest BCUT2D eigenvalue weighted by molar-refractivity contribution is -0.127. The maximum absolute atomic E-state index is 15.5. The summed E-state index contributed by atoms with van der Waals surface area (Å²) in [5.41, 5.74) is 9.16. The summed E-state index contributed by atoms with van der Waals surface area (Å²) < 4.78 is 38.3. The predicted octanol–water partition coefficient (Wildman–Crippen LogP) is 4.43. The Morgan fingerprint density at radius 2 is 1.80 bits per heavy atom. The minimum atomic E-state index is -3.06. The molecular formula is C30H38FN5O4S. The van der Waals surface area contributed by atoms with E-state index in [1.54, 1.807) is 47.3 Å². The van der Waals surface area contributed by atoms with Gasteiger partial charge >= 0.3 is 0 Å². The van der Waals surface area contributed by atoms with Crippen LogP contribution in [0, 0.1) is 5.82 Å². The van der Waals surface area contributed by atoms with Crippen LogP contribution in [0.2, 0.25) is 0 Å². The summed E-state index contributed by atoms with van der Waals surface area (Å²) in [6, 6.07) is 8.14. The molecule has 0 saturated heterocycles. The number of nitrogens with zero attached hydrogens (tertiary/aromatic N) is 4. The van der Waals surface area contributed by atoms with Gasteiger partial charge in [0.05, 0.1) is 17.7 Å². The third-order valence-electron chi connectivity index (χ3n) is 6.55. The van der Waals surface area contributed by atoms with Gasteiger partial charge in [0, 0.05) is 61.6 Å². The summed E-state index contributed by atoms with van der Waals surface area (Å²) in [6.45, 7) is 5.64. The Kier molecular flexibility index (Phi) is 10.9. The number of hydrogen-bond donors (Lipinski definition) is 1. The smallest absolute Gasteiger partial charge is 0.250 e. The van der Waals surface area contributed by atoms with E-state index in [2.05, 4.69) is 10.1 Å². The van der Waals surface area contributed by atoms with E-state index in [0.717, 1.165) is 12.8 Å². The molecule has 9 nitrogen and oxygen atoms in total. The Balaban J connectivity index is 1.94. The molecule has 0 saturated carbocycles. The highest BCUT2D eigenvalue weighted by Gasteiger charge is 2.23.